The first kappa shape index (κ1) is 15.2. The zero-order valence-corrected chi connectivity index (χ0v) is 11.9. The first-order valence-corrected chi connectivity index (χ1v) is 6.18. The molecule has 6 heteroatoms. The Labute approximate surface area is 112 Å². The maximum Gasteiger partial charge on any atom is 0.326 e. The molecule has 0 saturated heterocycles. The summed E-state index contributed by atoms with van der Waals surface area (Å²) in [7, 11) is 1.46. The lowest BCUT2D eigenvalue weighted by Crippen LogP contribution is -2.43. The molecule has 1 unspecified atom stereocenters. The highest BCUT2D eigenvalue weighted by atomic mass is 16.4. The summed E-state index contributed by atoms with van der Waals surface area (Å²) in [6.45, 7) is 7.27. The number of hydrogen-bond donors (Lipinski definition) is 1. The third-order valence-corrected chi connectivity index (χ3v) is 2.98. The lowest BCUT2D eigenvalue weighted by molar-refractivity contribution is -0.142. The van der Waals surface area contributed by atoms with Gasteiger partial charge in [-0.2, -0.15) is 0 Å². The van der Waals surface area contributed by atoms with E-state index < -0.39 is 17.9 Å². The molecule has 19 heavy (non-hydrogen) atoms. The molecule has 1 atom stereocenters. The van der Waals surface area contributed by atoms with Gasteiger partial charge < -0.3 is 14.4 Å². The fourth-order valence-corrected chi connectivity index (χ4v) is 1.73. The quantitative estimate of drug-likeness (QED) is 0.881. The van der Waals surface area contributed by atoms with E-state index in [1.807, 2.05) is 13.8 Å². The number of amides is 1. The second-order valence-corrected chi connectivity index (χ2v) is 5.06. The molecule has 0 aliphatic heterocycles. The van der Waals surface area contributed by atoms with E-state index in [4.69, 9.17) is 4.42 Å². The molecule has 0 radical (unpaired) electrons. The largest absolute Gasteiger partial charge is 0.480 e. The molecular weight excluding hydrogens is 248 g/mol. The van der Waals surface area contributed by atoms with Crippen LogP contribution in [-0.2, 0) is 4.79 Å². The third-order valence-electron chi connectivity index (χ3n) is 2.98. The van der Waals surface area contributed by atoms with E-state index in [0.717, 1.165) is 0 Å². The summed E-state index contributed by atoms with van der Waals surface area (Å²) in [4.78, 5) is 28.6. The van der Waals surface area contributed by atoms with Crippen LogP contribution in [0.4, 0.5) is 0 Å². The van der Waals surface area contributed by atoms with E-state index in [9.17, 15) is 14.7 Å². The molecule has 6 nitrogen and oxygen atoms in total. The van der Waals surface area contributed by atoms with Crippen LogP contribution in [0.1, 0.15) is 42.4 Å². The van der Waals surface area contributed by atoms with Crippen molar-refractivity contribution in [3.8, 4) is 0 Å². The van der Waals surface area contributed by atoms with E-state index in [-0.39, 0.29) is 11.8 Å². The fraction of sp³-hybridized carbons (Fsp3) is 0.615. The topological polar surface area (TPSA) is 83.6 Å². The first-order chi connectivity index (χ1) is 8.73. The van der Waals surface area contributed by atoms with Crippen LogP contribution in [0.25, 0.3) is 0 Å². The Morgan fingerprint density at radius 1 is 1.37 bits per heavy atom. The zero-order valence-electron chi connectivity index (χ0n) is 11.9. The van der Waals surface area contributed by atoms with Crippen molar-refractivity contribution in [3.05, 3.63) is 17.3 Å². The average molecular weight is 268 g/mol. The molecule has 1 N–H and O–H groups in total. The van der Waals surface area contributed by atoms with Crippen molar-refractivity contribution in [2.45, 2.75) is 40.2 Å². The van der Waals surface area contributed by atoms with Crippen LogP contribution in [-0.4, -0.2) is 40.0 Å². The van der Waals surface area contributed by atoms with Gasteiger partial charge in [-0.1, -0.05) is 13.8 Å². The highest BCUT2D eigenvalue weighted by molar-refractivity contribution is 5.92. The van der Waals surface area contributed by atoms with Gasteiger partial charge in [-0.25, -0.2) is 9.78 Å². The van der Waals surface area contributed by atoms with Crippen LogP contribution < -0.4 is 0 Å². The Hall–Kier alpha value is -1.85. The van der Waals surface area contributed by atoms with Gasteiger partial charge in [0.25, 0.3) is 5.89 Å². The van der Waals surface area contributed by atoms with Crippen molar-refractivity contribution in [1.29, 1.82) is 0 Å². The molecule has 106 valence electrons. The van der Waals surface area contributed by atoms with E-state index in [0.29, 0.717) is 17.9 Å². The van der Waals surface area contributed by atoms with Crippen molar-refractivity contribution >= 4 is 11.9 Å². The normalized spacial score (nSPS) is 12.5. The average Bonchev–Trinajstić information content (AvgIpc) is 2.64. The minimum Gasteiger partial charge on any atom is -0.480 e. The van der Waals surface area contributed by atoms with Gasteiger partial charge in [-0.05, 0) is 26.2 Å². The van der Waals surface area contributed by atoms with Crippen LogP contribution in [0.15, 0.2) is 4.42 Å². The van der Waals surface area contributed by atoms with Gasteiger partial charge in [-0.15, -0.1) is 0 Å². The Morgan fingerprint density at radius 2 is 1.95 bits per heavy atom. The number of aryl methyl sites for hydroxylation is 2. The number of nitrogens with zero attached hydrogens (tertiary/aromatic N) is 2. The Morgan fingerprint density at radius 3 is 2.32 bits per heavy atom. The molecular formula is C13H20N2O4. The smallest absolute Gasteiger partial charge is 0.326 e. The van der Waals surface area contributed by atoms with Crippen LogP contribution in [0.3, 0.4) is 0 Å². The van der Waals surface area contributed by atoms with Crippen molar-refractivity contribution in [2.24, 2.45) is 5.92 Å². The molecule has 0 saturated carbocycles. The van der Waals surface area contributed by atoms with Gasteiger partial charge in [0.15, 0.2) is 0 Å². The molecule has 1 rings (SSSR count). The van der Waals surface area contributed by atoms with E-state index in [1.165, 1.54) is 11.9 Å². The summed E-state index contributed by atoms with van der Waals surface area (Å²) in [5.74, 6) is -0.863. The Bertz CT molecular complexity index is 459. The predicted octanol–water partition coefficient (Wildman–Crippen LogP) is 1.86. The number of carbonyl (C=O) groups excluding carboxylic acids is 1. The Kier molecular flexibility index (Phi) is 4.69. The van der Waals surface area contributed by atoms with Gasteiger partial charge in [0.2, 0.25) is 0 Å². The number of likely N-dealkylation sites (N-methyl/N-ethyl adjacent to an activating group) is 1. The molecule has 0 aromatic carbocycles. The maximum absolute atomic E-state index is 12.1. The van der Waals surface area contributed by atoms with E-state index in [1.54, 1.807) is 13.8 Å². The lowest BCUT2D eigenvalue weighted by Gasteiger charge is -2.24. The second kappa shape index (κ2) is 5.86. The molecule has 0 fully saturated rings. The van der Waals surface area contributed by atoms with Crippen molar-refractivity contribution < 1.29 is 19.1 Å². The second-order valence-electron chi connectivity index (χ2n) is 5.06. The summed E-state index contributed by atoms with van der Waals surface area (Å²) in [6, 6.07) is -0.875. The molecule has 0 spiro atoms. The zero-order chi connectivity index (χ0) is 14.7. The number of hydrogen-bond acceptors (Lipinski definition) is 4. The fourth-order valence-electron chi connectivity index (χ4n) is 1.73. The third kappa shape index (κ3) is 3.56. The van der Waals surface area contributed by atoms with Crippen molar-refractivity contribution in [3.63, 3.8) is 0 Å². The summed E-state index contributed by atoms with van der Waals surface area (Å²) in [5.41, 5.74) is 0.632. The summed E-state index contributed by atoms with van der Waals surface area (Å²) < 4.78 is 5.24. The number of rotatable bonds is 5. The standard InChI is InChI=1S/C13H20N2O4/c1-7(2)6-10(13(17)18)15(5)12(16)11-14-8(3)9(4)19-11/h7,10H,6H2,1-5H3,(H,17,18). The van der Waals surface area contributed by atoms with Crippen molar-refractivity contribution in [1.82, 2.24) is 9.88 Å². The first-order valence-electron chi connectivity index (χ1n) is 6.18. The van der Waals surface area contributed by atoms with Gasteiger partial charge in [0.05, 0.1) is 5.69 Å². The molecule has 1 aromatic rings. The van der Waals surface area contributed by atoms with Crippen LogP contribution >= 0.6 is 0 Å². The number of oxazole rings is 1. The van der Waals surface area contributed by atoms with Crippen LogP contribution in [0, 0.1) is 19.8 Å². The molecule has 1 heterocycles. The predicted molar refractivity (Wildman–Crippen MR) is 68.9 cm³/mol. The summed E-state index contributed by atoms with van der Waals surface area (Å²) in [5, 5.41) is 9.20. The minimum atomic E-state index is -1.02. The molecule has 0 bridgehead atoms. The molecule has 1 aromatic heterocycles. The van der Waals surface area contributed by atoms with E-state index >= 15 is 0 Å². The maximum atomic E-state index is 12.1. The van der Waals surface area contributed by atoms with Crippen molar-refractivity contribution in [2.75, 3.05) is 7.05 Å². The highest BCUT2D eigenvalue weighted by Crippen LogP contribution is 2.15. The lowest BCUT2D eigenvalue weighted by atomic mass is 10.0. The molecule has 0 aliphatic rings. The number of carbonyl (C=O) groups is 2. The number of aliphatic carboxylic acids is 1. The van der Waals surface area contributed by atoms with Gasteiger partial charge in [0, 0.05) is 7.05 Å². The number of aromatic nitrogens is 1. The highest BCUT2D eigenvalue weighted by Gasteiger charge is 2.30. The number of carboxylic acids is 1. The van der Waals surface area contributed by atoms with Crippen LogP contribution in [0.2, 0.25) is 0 Å². The van der Waals surface area contributed by atoms with Gasteiger partial charge in [0.1, 0.15) is 11.8 Å². The van der Waals surface area contributed by atoms with Crippen LogP contribution in [0.5, 0.6) is 0 Å². The van der Waals surface area contributed by atoms with E-state index in [2.05, 4.69) is 4.98 Å². The summed E-state index contributed by atoms with van der Waals surface area (Å²) >= 11 is 0. The Balaban J connectivity index is 2.93. The molecule has 0 aliphatic carbocycles. The SMILES string of the molecule is Cc1nc(C(=O)N(C)C(CC(C)C)C(=O)O)oc1C. The van der Waals surface area contributed by atoms with Gasteiger partial charge >= 0.3 is 11.9 Å². The molecule has 1 amide bonds. The summed E-state index contributed by atoms with van der Waals surface area (Å²) in [6.07, 6.45) is 0.385. The number of carboxylic acid groups (broad SMARTS) is 1. The minimum absolute atomic E-state index is 0.0625. The monoisotopic (exact) mass is 268 g/mol. The van der Waals surface area contributed by atoms with Gasteiger partial charge in [-0.3, -0.25) is 4.79 Å².